The molecule has 0 aromatic heterocycles. The standard InChI is InChI=1S/C18H31NO4/c1-13-5-3-7-16(11-13)23-14(2)18(22)19-10-4-6-15(12-19)8-9-17(20)21/h13-16H,3-12H2,1-2H3,(H,20,21)/t13-,14+,15+,16+/m1/s1. The molecule has 132 valence electrons. The van der Waals surface area contributed by atoms with Gasteiger partial charge in [-0.1, -0.05) is 19.8 Å². The van der Waals surface area contributed by atoms with E-state index in [4.69, 9.17) is 9.84 Å². The lowest BCUT2D eigenvalue weighted by atomic mass is 9.88. The van der Waals surface area contributed by atoms with Crippen molar-refractivity contribution in [2.45, 2.75) is 77.4 Å². The van der Waals surface area contributed by atoms with Crippen molar-refractivity contribution in [3.8, 4) is 0 Å². The molecule has 0 spiro atoms. The number of hydrogen-bond donors (Lipinski definition) is 1. The minimum Gasteiger partial charge on any atom is -0.481 e. The van der Waals surface area contributed by atoms with E-state index in [0.29, 0.717) is 24.8 Å². The first-order valence-corrected chi connectivity index (χ1v) is 9.11. The van der Waals surface area contributed by atoms with Crippen molar-refractivity contribution in [2.75, 3.05) is 13.1 Å². The smallest absolute Gasteiger partial charge is 0.303 e. The minimum absolute atomic E-state index is 0.0725. The van der Waals surface area contributed by atoms with Crippen molar-refractivity contribution in [1.29, 1.82) is 0 Å². The van der Waals surface area contributed by atoms with Crippen LogP contribution in [-0.2, 0) is 14.3 Å². The van der Waals surface area contributed by atoms with Crippen molar-refractivity contribution in [2.24, 2.45) is 11.8 Å². The van der Waals surface area contributed by atoms with Gasteiger partial charge in [0.1, 0.15) is 6.10 Å². The van der Waals surface area contributed by atoms with Crippen LogP contribution in [0.3, 0.4) is 0 Å². The number of rotatable bonds is 6. The number of ether oxygens (including phenoxy) is 1. The SMILES string of the molecule is C[C@@H]1CCC[C@H](O[C@@H](C)C(=O)N2CCC[C@@H](CCC(=O)O)C2)C1. The Morgan fingerprint density at radius 1 is 1.26 bits per heavy atom. The second kappa shape index (κ2) is 8.67. The third kappa shape index (κ3) is 5.79. The maximum absolute atomic E-state index is 12.6. The quantitative estimate of drug-likeness (QED) is 0.815. The van der Waals surface area contributed by atoms with Crippen LogP contribution in [0.25, 0.3) is 0 Å². The van der Waals surface area contributed by atoms with Gasteiger partial charge in [-0.3, -0.25) is 9.59 Å². The lowest BCUT2D eigenvalue weighted by Crippen LogP contribution is -2.46. The number of carboxylic acid groups (broad SMARTS) is 1. The van der Waals surface area contributed by atoms with E-state index < -0.39 is 5.97 Å². The third-order valence-corrected chi connectivity index (χ3v) is 5.23. The number of amides is 1. The summed E-state index contributed by atoms with van der Waals surface area (Å²) in [5.74, 6) is 0.317. The van der Waals surface area contributed by atoms with Gasteiger partial charge < -0.3 is 14.7 Å². The number of carboxylic acids is 1. The number of likely N-dealkylation sites (tertiary alicyclic amines) is 1. The molecule has 5 nitrogen and oxygen atoms in total. The average Bonchev–Trinajstić information content (AvgIpc) is 2.52. The zero-order chi connectivity index (χ0) is 16.8. The van der Waals surface area contributed by atoms with Crippen molar-refractivity contribution in [3.63, 3.8) is 0 Å². The summed E-state index contributed by atoms with van der Waals surface area (Å²) in [6.45, 7) is 5.57. The van der Waals surface area contributed by atoms with E-state index >= 15 is 0 Å². The molecule has 2 fully saturated rings. The Bertz CT molecular complexity index is 412. The molecule has 1 amide bonds. The van der Waals surface area contributed by atoms with Gasteiger partial charge in [-0.05, 0) is 50.9 Å². The molecule has 1 aliphatic carbocycles. The van der Waals surface area contributed by atoms with E-state index in [-0.39, 0.29) is 24.5 Å². The van der Waals surface area contributed by atoms with Crippen LogP contribution in [0.2, 0.25) is 0 Å². The highest BCUT2D eigenvalue weighted by atomic mass is 16.5. The number of carbonyl (C=O) groups excluding carboxylic acids is 1. The fourth-order valence-corrected chi connectivity index (χ4v) is 3.93. The lowest BCUT2D eigenvalue weighted by Gasteiger charge is -2.35. The molecule has 23 heavy (non-hydrogen) atoms. The van der Waals surface area contributed by atoms with Gasteiger partial charge >= 0.3 is 5.97 Å². The maximum atomic E-state index is 12.6. The number of nitrogens with zero attached hydrogens (tertiary/aromatic N) is 1. The van der Waals surface area contributed by atoms with Gasteiger partial charge in [-0.25, -0.2) is 0 Å². The first-order chi connectivity index (χ1) is 11.0. The summed E-state index contributed by atoms with van der Waals surface area (Å²) in [5, 5.41) is 8.81. The highest BCUT2D eigenvalue weighted by Gasteiger charge is 2.30. The van der Waals surface area contributed by atoms with Crippen LogP contribution in [0.15, 0.2) is 0 Å². The van der Waals surface area contributed by atoms with Gasteiger partial charge in [0.25, 0.3) is 5.91 Å². The second-order valence-corrected chi connectivity index (χ2v) is 7.40. The van der Waals surface area contributed by atoms with E-state index in [0.717, 1.165) is 32.2 Å². The van der Waals surface area contributed by atoms with Gasteiger partial charge in [-0.15, -0.1) is 0 Å². The summed E-state index contributed by atoms with van der Waals surface area (Å²) in [4.78, 5) is 25.2. The van der Waals surface area contributed by atoms with Crippen LogP contribution in [0.4, 0.5) is 0 Å². The number of hydrogen-bond acceptors (Lipinski definition) is 3. The largest absolute Gasteiger partial charge is 0.481 e. The van der Waals surface area contributed by atoms with Crippen molar-refractivity contribution in [1.82, 2.24) is 4.90 Å². The summed E-state index contributed by atoms with van der Waals surface area (Å²) in [6.07, 6.45) is 7.23. The Hall–Kier alpha value is -1.10. The van der Waals surface area contributed by atoms with Crippen LogP contribution in [0, 0.1) is 11.8 Å². The van der Waals surface area contributed by atoms with E-state index in [1.54, 1.807) is 0 Å². The zero-order valence-corrected chi connectivity index (χ0v) is 14.5. The molecule has 0 aromatic carbocycles. The Kier molecular flexibility index (Phi) is 6.88. The van der Waals surface area contributed by atoms with Gasteiger partial charge in [0, 0.05) is 19.5 Å². The summed E-state index contributed by atoms with van der Waals surface area (Å²) in [5.41, 5.74) is 0. The molecule has 1 saturated heterocycles. The minimum atomic E-state index is -0.753. The molecule has 1 aliphatic heterocycles. The van der Waals surface area contributed by atoms with E-state index in [1.165, 1.54) is 12.8 Å². The molecule has 0 bridgehead atoms. The van der Waals surface area contributed by atoms with Crippen molar-refractivity contribution in [3.05, 3.63) is 0 Å². The Morgan fingerprint density at radius 2 is 2.04 bits per heavy atom. The highest BCUT2D eigenvalue weighted by molar-refractivity contribution is 5.80. The summed E-state index contributed by atoms with van der Waals surface area (Å²) < 4.78 is 6.02. The lowest BCUT2D eigenvalue weighted by molar-refractivity contribution is -0.149. The molecule has 0 unspecified atom stereocenters. The summed E-state index contributed by atoms with van der Waals surface area (Å²) in [6, 6.07) is 0. The van der Waals surface area contributed by atoms with Gasteiger partial charge in [0.05, 0.1) is 6.10 Å². The van der Waals surface area contributed by atoms with Gasteiger partial charge in [0.2, 0.25) is 0 Å². The first kappa shape index (κ1) is 18.2. The molecule has 1 saturated carbocycles. The molecule has 0 radical (unpaired) electrons. The maximum Gasteiger partial charge on any atom is 0.303 e. The Balaban J connectivity index is 1.79. The highest BCUT2D eigenvalue weighted by Crippen LogP contribution is 2.27. The molecule has 1 heterocycles. The normalized spacial score (nSPS) is 30.0. The third-order valence-electron chi connectivity index (χ3n) is 5.23. The number of piperidine rings is 1. The molecule has 1 N–H and O–H groups in total. The van der Waals surface area contributed by atoms with E-state index in [1.807, 2.05) is 11.8 Å². The molecule has 4 atom stereocenters. The van der Waals surface area contributed by atoms with Gasteiger partial charge in [-0.2, -0.15) is 0 Å². The average molecular weight is 325 g/mol. The Morgan fingerprint density at radius 3 is 2.74 bits per heavy atom. The second-order valence-electron chi connectivity index (χ2n) is 7.40. The predicted molar refractivity (Wildman–Crippen MR) is 88.1 cm³/mol. The Labute approximate surface area is 139 Å². The van der Waals surface area contributed by atoms with Gasteiger partial charge in [0.15, 0.2) is 0 Å². The molecule has 0 aromatic rings. The predicted octanol–water partition coefficient (Wildman–Crippen LogP) is 3.07. The fraction of sp³-hybridized carbons (Fsp3) is 0.889. The number of carbonyl (C=O) groups is 2. The monoisotopic (exact) mass is 325 g/mol. The van der Waals surface area contributed by atoms with Crippen LogP contribution >= 0.6 is 0 Å². The molecule has 2 rings (SSSR count). The van der Waals surface area contributed by atoms with E-state index in [9.17, 15) is 9.59 Å². The van der Waals surface area contributed by atoms with Crippen LogP contribution in [-0.4, -0.2) is 47.2 Å². The molecular formula is C18H31NO4. The topological polar surface area (TPSA) is 66.8 Å². The van der Waals surface area contributed by atoms with Crippen molar-refractivity contribution < 1.29 is 19.4 Å². The molecule has 5 heteroatoms. The van der Waals surface area contributed by atoms with E-state index in [2.05, 4.69) is 6.92 Å². The van der Waals surface area contributed by atoms with Crippen LogP contribution in [0.5, 0.6) is 0 Å². The number of aliphatic carboxylic acids is 1. The first-order valence-electron chi connectivity index (χ1n) is 9.11. The zero-order valence-electron chi connectivity index (χ0n) is 14.5. The summed E-state index contributed by atoms with van der Waals surface area (Å²) >= 11 is 0. The summed E-state index contributed by atoms with van der Waals surface area (Å²) in [7, 11) is 0. The molecule has 2 aliphatic rings. The van der Waals surface area contributed by atoms with Crippen LogP contribution < -0.4 is 0 Å². The van der Waals surface area contributed by atoms with Crippen molar-refractivity contribution >= 4 is 11.9 Å². The molecular weight excluding hydrogens is 294 g/mol. The van der Waals surface area contributed by atoms with Crippen LogP contribution in [0.1, 0.15) is 65.2 Å². The fourth-order valence-electron chi connectivity index (χ4n) is 3.93.